The SMILES string of the molecule is CC(C)C[C@@H](N)C(=O)n1cc(N)cn1. The summed E-state index contributed by atoms with van der Waals surface area (Å²) >= 11 is 0. The van der Waals surface area contributed by atoms with Crippen LogP contribution in [0, 0.1) is 5.92 Å². The molecule has 14 heavy (non-hydrogen) atoms. The van der Waals surface area contributed by atoms with Gasteiger partial charge in [-0.25, -0.2) is 4.68 Å². The molecule has 1 rings (SSSR count). The van der Waals surface area contributed by atoms with Crippen molar-refractivity contribution in [1.82, 2.24) is 9.78 Å². The van der Waals surface area contributed by atoms with E-state index in [-0.39, 0.29) is 5.91 Å². The summed E-state index contributed by atoms with van der Waals surface area (Å²) in [4.78, 5) is 11.6. The minimum absolute atomic E-state index is 0.213. The molecule has 0 spiro atoms. The molecular formula is C9H16N4O. The van der Waals surface area contributed by atoms with Gasteiger partial charge >= 0.3 is 0 Å². The minimum atomic E-state index is -0.505. The van der Waals surface area contributed by atoms with Gasteiger partial charge in [-0.1, -0.05) is 13.8 Å². The molecule has 0 radical (unpaired) electrons. The lowest BCUT2D eigenvalue weighted by Crippen LogP contribution is -2.36. The van der Waals surface area contributed by atoms with Crippen LogP contribution in [0.1, 0.15) is 25.1 Å². The number of carbonyl (C=O) groups is 1. The van der Waals surface area contributed by atoms with Crippen LogP contribution in [-0.2, 0) is 0 Å². The van der Waals surface area contributed by atoms with Gasteiger partial charge in [0.25, 0.3) is 5.91 Å². The van der Waals surface area contributed by atoms with Crippen LogP contribution in [0.15, 0.2) is 12.4 Å². The first-order chi connectivity index (χ1) is 6.50. The summed E-state index contributed by atoms with van der Waals surface area (Å²) in [6.45, 7) is 4.04. The largest absolute Gasteiger partial charge is 0.396 e. The number of carbonyl (C=O) groups excluding carboxylic acids is 1. The van der Waals surface area contributed by atoms with Gasteiger partial charge in [0.2, 0.25) is 0 Å². The third-order valence-electron chi connectivity index (χ3n) is 1.87. The zero-order valence-corrected chi connectivity index (χ0v) is 8.47. The fourth-order valence-electron chi connectivity index (χ4n) is 1.24. The number of rotatable bonds is 3. The Labute approximate surface area is 83.1 Å². The maximum atomic E-state index is 11.6. The van der Waals surface area contributed by atoms with Crippen LogP contribution in [-0.4, -0.2) is 21.7 Å². The fraction of sp³-hybridized carbons (Fsp3) is 0.556. The maximum Gasteiger partial charge on any atom is 0.263 e. The van der Waals surface area contributed by atoms with E-state index in [1.54, 1.807) is 0 Å². The van der Waals surface area contributed by atoms with Crippen LogP contribution in [0.4, 0.5) is 5.69 Å². The molecule has 0 aliphatic rings. The standard InChI is InChI=1S/C9H16N4O/c1-6(2)3-8(11)9(14)13-5-7(10)4-12-13/h4-6,8H,3,10-11H2,1-2H3/t8-/m1/s1. The average Bonchev–Trinajstić information content (AvgIpc) is 2.49. The highest BCUT2D eigenvalue weighted by atomic mass is 16.2. The molecule has 0 amide bonds. The predicted octanol–water partition coefficient (Wildman–Crippen LogP) is 0.479. The topological polar surface area (TPSA) is 86.9 Å². The highest BCUT2D eigenvalue weighted by Crippen LogP contribution is 2.06. The van der Waals surface area contributed by atoms with E-state index in [2.05, 4.69) is 5.10 Å². The Morgan fingerprint density at radius 3 is 2.71 bits per heavy atom. The molecule has 5 heteroatoms. The van der Waals surface area contributed by atoms with Crippen molar-refractivity contribution in [3.63, 3.8) is 0 Å². The Morgan fingerprint density at radius 1 is 1.64 bits per heavy atom. The number of nitrogens with zero attached hydrogens (tertiary/aromatic N) is 2. The van der Waals surface area contributed by atoms with Gasteiger partial charge in [0, 0.05) is 0 Å². The van der Waals surface area contributed by atoms with Crippen LogP contribution < -0.4 is 11.5 Å². The molecule has 78 valence electrons. The molecule has 1 aromatic rings. The Hall–Kier alpha value is -1.36. The van der Waals surface area contributed by atoms with Gasteiger partial charge < -0.3 is 11.5 Å². The lowest BCUT2D eigenvalue weighted by Gasteiger charge is -2.11. The van der Waals surface area contributed by atoms with Crippen molar-refractivity contribution in [3.8, 4) is 0 Å². The first kappa shape index (κ1) is 10.7. The number of aromatic nitrogens is 2. The van der Waals surface area contributed by atoms with Crippen LogP contribution >= 0.6 is 0 Å². The number of hydrogen-bond acceptors (Lipinski definition) is 4. The summed E-state index contributed by atoms with van der Waals surface area (Å²) in [5.41, 5.74) is 11.6. The Bertz CT molecular complexity index is 318. The number of nitrogens with two attached hydrogens (primary N) is 2. The van der Waals surface area contributed by atoms with E-state index in [1.165, 1.54) is 17.1 Å². The smallest absolute Gasteiger partial charge is 0.263 e. The van der Waals surface area contributed by atoms with Crippen molar-refractivity contribution in [3.05, 3.63) is 12.4 Å². The molecule has 4 N–H and O–H groups in total. The van der Waals surface area contributed by atoms with Crippen molar-refractivity contribution in [2.24, 2.45) is 11.7 Å². The molecule has 0 aliphatic carbocycles. The second-order valence-electron chi connectivity index (χ2n) is 3.79. The van der Waals surface area contributed by atoms with Crippen molar-refractivity contribution < 1.29 is 4.79 Å². The van der Waals surface area contributed by atoms with Crippen molar-refractivity contribution in [2.45, 2.75) is 26.3 Å². The highest BCUT2D eigenvalue weighted by molar-refractivity contribution is 5.83. The fourth-order valence-corrected chi connectivity index (χ4v) is 1.24. The van der Waals surface area contributed by atoms with E-state index in [4.69, 9.17) is 11.5 Å². The van der Waals surface area contributed by atoms with E-state index < -0.39 is 6.04 Å². The van der Waals surface area contributed by atoms with Crippen molar-refractivity contribution in [2.75, 3.05) is 5.73 Å². The summed E-state index contributed by atoms with van der Waals surface area (Å²) in [7, 11) is 0. The molecule has 1 heterocycles. The van der Waals surface area contributed by atoms with E-state index in [0.29, 0.717) is 18.0 Å². The molecule has 0 bridgehead atoms. The first-order valence-electron chi connectivity index (χ1n) is 4.60. The van der Waals surface area contributed by atoms with Gasteiger partial charge in [0.1, 0.15) is 0 Å². The number of hydrogen-bond donors (Lipinski definition) is 2. The summed E-state index contributed by atoms with van der Waals surface area (Å²) < 4.78 is 1.20. The Kier molecular flexibility index (Phi) is 3.24. The molecule has 0 aromatic carbocycles. The van der Waals surface area contributed by atoms with Crippen LogP contribution in [0.3, 0.4) is 0 Å². The molecule has 0 unspecified atom stereocenters. The Balaban J connectivity index is 2.65. The van der Waals surface area contributed by atoms with Crippen molar-refractivity contribution in [1.29, 1.82) is 0 Å². The molecular weight excluding hydrogens is 180 g/mol. The van der Waals surface area contributed by atoms with Crippen LogP contribution in [0.5, 0.6) is 0 Å². The first-order valence-corrected chi connectivity index (χ1v) is 4.60. The zero-order valence-electron chi connectivity index (χ0n) is 8.47. The van der Waals surface area contributed by atoms with Gasteiger partial charge in [-0.15, -0.1) is 0 Å². The number of nitrogen functional groups attached to an aromatic ring is 1. The molecule has 0 aliphatic heterocycles. The molecule has 0 saturated carbocycles. The molecule has 0 saturated heterocycles. The maximum absolute atomic E-state index is 11.6. The van der Waals surface area contributed by atoms with Gasteiger partial charge in [0.05, 0.1) is 24.1 Å². The molecule has 5 nitrogen and oxygen atoms in total. The highest BCUT2D eigenvalue weighted by Gasteiger charge is 2.17. The van der Waals surface area contributed by atoms with E-state index in [0.717, 1.165) is 0 Å². The monoisotopic (exact) mass is 196 g/mol. The van der Waals surface area contributed by atoms with Crippen LogP contribution in [0.25, 0.3) is 0 Å². The Morgan fingerprint density at radius 2 is 2.29 bits per heavy atom. The third-order valence-corrected chi connectivity index (χ3v) is 1.87. The second kappa shape index (κ2) is 4.23. The van der Waals surface area contributed by atoms with E-state index in [9.17, 15) is 4.79 Å². The van der Waals surface area contributed by atoms with Gasteiger partial charge in [-0.3, -0.25) is 4.79 Å². The zero-order chi connectivity index (χ0) is 10.7. The summed E-state index contributed by atoms with van der Waals surface area (Å²) in [6.07, 6.45) is 3.56. The average molecular weight is 196 g/mol. The van der Waals surface area contributed by atoms with E-state index >= 15 is 0 Å². The van der Waals surface area contributed by atoms with Crippen molar-refractivity contribution >= 4 is 11.6 Å². The van der Waals surface area contributed by atoms with E-state index in [1.807, 2.05) is 13.8 Å². The van der Waals surface area contributed by atoms with Gasteiger partial charge in [-0.05, 0) is 12.3 Å². The molecule has 1 atom stereocenters. The molecule has 1 aromatic heterocycles. The summed E-state index contributed by atoms with van der Waals surface area (Å²) in [5.74, 6) is 0.178. The van der Waals surface area contributed by atoms with Crippen LogP contribution in [0.2, 0.25) is 0 Å². The second-order valence-corrected chi connectivity index (χ2v) is 3.79. The summed E-state index contributed by atoms with van der Waals surface area (Å²) in [5, 5.41) is 3.81. The molecule has 0 fully saturated rings. The summed E-state index contributed by atoms with van der Waals surface area (Å²) in [6, 6.07) is -0.505. The predicted molar refractivity (Wildman–Crippen MR) is 54.7 cm³/mol. The third kappa shape index (κ3) is 2.56. The normalized spacial score (nSPS) is 13.1. The number of anilines is 1. The van der Waals surface area contributed by atoms with Gasteiger partial charge in [-0.2, -0.15) is 5.10 Å². The van der Waals surface area contributed by atoms with Gasteiger partial charge in [0.15, 0.2) is 0 Å². The lowest BCUT2D eigenvalue weighted by molar-refractivity contribution is 0.0852. The lowest BCUT2D eigenvalue weighted by atomic mass is 10.0. The quantitative estimate of drug-likeness (QED) is 0.736. The minimum Gasteiger partial charge on any atom is -0.396 e.